The summed E-state index contributed by atoms with van der Waals surface area (Å²) >= 11 is 0. The highest BCUT2D eigenvalue weighted by Crippen LogP contribution is 2.31. The van der Waals surface area contributed by atoms with E-state index >= 15 is 0 Å². The summed E-state index contributed by atoms with van der Waals surface area (Å²) in [5.74, 6) is 1.03. The number of carbonyl (C=O) groups is 3. The number of nitrogens with one attached hydrogen (secondary N) is 3. The van der Waals surface area contributed by atoms with Gasteiger partial charge in [0, 0.05) is 59.3 Å². The minimum absolute atomic E-state index is 0.118. The van der Waals surface area contributed by atoms with E-state index in [2.05, 4.69) is 35.6 Å². The smallest absolute Gasteiger partial charge is 0.410 e. The summed E-state index contributed by atoms with van der Waals surface area (Å²) < 4.78 is 13.6. The van der Waals surface area contributed by atoms with Gasteiger partial charge in [-0.3, -0.25) is 14.3 Å². The van der Waals surface area contributed by atoms with Crippen molar-refractivity contribution in [1.29, 1.82) is 0 Å². The van der Waals surface area contributed by atoms with Crippen molar-refractivity contribution in [2.75, 3.05) is 58.9 Å². The van der Waals surface area contributed by atoms with Gasteiger partial charge in [0.2, 0.25) is 5.91 Å². The molecule has 3 N–H and O–H groups in total. The van der Waals surface area contributed by atoms with Crippen LogP contribution in [0.4, 0.5) is 9.59 Å². The molecule has 3 saturated heterocycles. The van der Waals surface area contributed by atoms with Crippen molar-refractivity contribution in [2.24, 2.45) is 0 Å². The quantitative estimate of drug-likeness (QED) is 0.404. The Bertz CT molecular complexity index is 1430. The Morgan fingerprint density at radius 3 is 2.37 bits per heavy atom. The molecule has 0 aromatic carbocycles. The van der Waals surface area contributed by atoms with Gasteiger partial charge < -0.3 is 35.2 Å². The van der Waals surface area contributed by atoms with E-state index < -0.39 is 32.0 Å². The molecule has 3 aliphatic heterocycles. The summed E-state index contributed by atoms with van der Waals surface area (Å²) in [6.07, 6.45) is 0.284. The molecular formula is C30H50N10O5Si. The van der Waals surface area contributed by atoms with Crippen molar-refractivity contribution in [3.8, 4) is 0 Å². The highest BCUT2D eigenvalue weighted by atomic mass is 28.3. The van der Waals surface area contributed by atoms with Gasteiger partial charge in [0.25, 0.3) is 0 Å². The van der Waals surface area contributed by atoms with Crippen LogP contribution in [0.15, 0.2) is 6.20 Å². The number of amides is 3. The minimum Gasteiger partial charge on any atom is -0.450 e. The van der Waals surface area contributed by atoms with Crippen molar-refractivity contribution < 1.29 is 23.9 Å². The number of nitrogens with zero attached hydrogens (tertiary/aromatic N) is 7. The van der Waals surface area contributed by atoms with E-state index in [0.717, 1.165) is 13.1 Å². The summed E-state index contributed by atoms with van der Waals surface area (Å²) in [7, 11) is -1.72. The predicted octanol–water partition coefficient (Wildman–Crippen LogP) is 2.01. The summed E-state index contributed by atoms with van der Waals surface area (Å²) in [5.41, 5.74) is 0.278. The van der Waals surface area contributed by atoms with Gasteiger partial charge in [-0.2, -0.15) is 0 Å². The molecule has 16 heteroatoms. The Morgan fingerprint density at radius 2 is 1.72 bits per heavy atom. The Hall–Kier alpha value is -3.34. The number of fused-ring (bicyclic) bond motifs is 1. The van der Waals surface area contributed by atoms with Crippen LogP contribution in [0.2, 0.25) is 19.6 Å². The first kappa shape index (κ1) is 34.0. The maximum Gasteiger partial charge on any atom is 0.410 e. The van der Waals surface area contributed by atoms with Crippen LogP contribution >= 0.6 is 0 Å². The highest BCUT2D eigenvalue weighted by molar-refractivity contribution is 6.77. The van der Waals surface area contributed by atoms with E-state index in [1.54, 1.807) is 20.9 Å². The van der Waals surface area contributed by atoms with Crippen molar-refractivity contribution >= 4 is 37.3 Å². The van der Waals surface area contributed by atoms with Gasteiger partial charge in [0.1, 0.15) is 29.1 Å². The number of imidazole rings is 1. The lowest BCUT2D eigenvalue weighted by atomic mass is 10.2. The zero-order valence-corrected chi connectivity index (χ0v) is 29.4. The van der Waals surface area contributed by atoms with Gasteiger partial charge in [-0.25, -0.2) is 24.5 Å². The Morgan fingerprint density at radius 1 is 0.978 bits per heavy atom. The molecule has 4 unspecified atom stereocenters. The van der Waals surface area contributed by atoms with Crippen LogP contribution in [0, 0.1) is 0 Å². The van der Waals surface area contributed by atoms with Crippen LogP contribution in [-0.2, 0) is 14.3 Å². The van der Waals surface area contributed by atoms with Gasteiger partial charge in [0.15, 0.2) is 11.5 Å². The van der Waals surface area contributed by atoms with Crippen LogP contribution in [0.5, 0.6) is 0 Å². The molecule has 5 heterocycles. The molecule has 0 aliphatic carbocycles. The number of piperazine rings is 3. The molecular weight excluding hydrogens is 608 g/mol. The standard InChI is InChI=1S/C30H50N10O5Si/c1-19(41)38-14-13-37(28(42)45-30(3,4)5)18-24(38)40-26(21-15-31-9-10-33-21)35-22-16-34-25(36-27(22)40)23-17-32-11-12-39(23)29(43)44-20(2)46(6,7)8/h16,20-21,23-24,31-33H,9-15,17-18H2,1-8H3. The Labute approximate surface area is 271 Å². The monoisotopic (exact) mass is 658 g/mol. The molecule has 0 spiro atoms. The zero-order valence-electron chi connectivity index (χ0n) is 28.4. The van der Waals surface area contributed by atoms with Crippen molar-refractivity contribution in [1.82, 2.24) is 50.2 Å². The predicted molar refractivity (Wildman–Crippen MR) is 175 cm³/mol. The van der Waals surface area contributed by atoms with Gasteiger partial charge in [-0.05, 0) is 27.7 Å². The van der Waals surface area contributed by atoms with Crippen molar-refractivity contribution in [3.63, 3.8) is 0 Å². The largest absolute Gasteiger partial charge is 0.450 e. The topological polar surface area (TPSA) is 159 Å². The van der Waals surface area contributed by atoms with E-state index in [9.17, 15) is 14.4 Å². The molecule has 3 amide bonds. The molecule has 4 atom stereocenters. The summed E-state index contributed by atoms with van der Waals surface area (Å²) in [5, 5.41) is 10.3. The Balaban J connectivity index is 1.57. The average molecular weight is 659 g/mol. The molecule has 0 bridgehead atoms. The fraction of sp³-hybridized carbons (Fsp3) is 0.733. The maximum atomic E-state index is 13.5. The summed E-state index contributed by atoms with van der Waals surface area (Å²) in [6, 6.07) is -0.628. The number of hydrogen-bond acceptors (Lipinski definition) is 11. The van der Waals surface area contributed by atoms with Crippen molar-refractivity contribution in [2.45, 2.75) is 83.8 Å². The number of rotatable bonds is 5. The van der Waals surface area contributed by atoms with E-state index in [1.807, 2.05) is 32.3 Å². The van der Waals surface area contributed by atoms with E-state index in [1.165, 1.54) is 6.92 Å². The first-order valence-electron chi connectivity index (χ1n) is 16.3. The average Bonchev–Trinajstić information content (AvgIpc) is 3.38. The third-order valence-corrected chi connectivity index (χ3v) is 11.4. The number of carbonyl (C=O) groups excluding carboxylic acids is 3. The molecule has 254 valence electrons. The lowest BCUT2D eigenvalue weighted by Gasteiger charge is -2.42. The zero-order chi connectivity index (χ0) is 33.4. The molecule has 5 rings (SSSR count). The van der Waals surface area contributed by atoms with Crippen LogP contribution < -0.4 is 16.0 Å². The first-order chi connectivity index (χ1) is 21.6. The molecule has 2 aromatic rings. The molecule has 3 aliphatic rings. The number of aromatic nitrogens is 4. The van der Waals surface area contributed by atoms with Crippen molar-refractivity contribution in [3.05, 3.63) is 17.8 Å². The first-order valence-corrected chi connectivity index (χ1v) is 19.8. The second-order valence-electron chi connectivity index (χ2n) is 14.4. The molecule has 3 fully saturated rings. The van der Waals surface area contributed by atoms with Crippen LogP contribution in [0.25, 0.3) is 11.2 Å². The van der Waals surface area contributed by atoms with E-state index in [4.69, 9.17) is 24.4 Å². The molecule has 2 aromatic heterocycles. The van der Waals surface area contributed by atoms with E-state index in [0.29, 0.717) is 62.1 Å². The fourth-order valence-corrected chi connectivity index (χ4v) is 6.31. The summed E-state index contributed by atoms with van der Waals surface area (Å²) in [4.78, 5) is 59.6. The normalized spacial score (nSPS) is 23.7. The lowest BCUT2D eigenvalue weighted by molar-refractivity contribution is -0.136. The van der Waals surface area contributed by atoms with E-state index in [-0.39, 0.29) is 30.3 Å². The molecule has 0 saturated carbocycles. The van der Waals surface area contributed by atoms with Crippen LogP contribution in [-0.4, -0.2) is 131 Å². The highest BCUT2D eigenvalue weighted by Gasteiger charge is 2.39. The molecule has 0 radical (unpaired) electrons. The fourth-order valence-electron chi connectivity index (χ4n) is 5.85. The second-order valence-corrected chi connectivity index (χ2v) is 20.0. The molecule has 15 nitrogen and oxygen atoms in total. The van der Waals surface area contributed by atoms with Crippen LogP contribution in [0.3, 0.4) is 0 Å². The number of hydrogen-bond donors (Lipinski definition) is 3. The van der Waals surface area contributed by atoms with Gasteiger partial charge in [-0.1, -0.05) is 19.6 Å². The third kappa shape index (κ3) is 7.45. The molecule has 46 heavy (non-hydrogen) atoms. The summed E-state index contributed by atoms with van der Waals surface area (Å²) in [6.45, 7) is 20.1. The van der Waals surface area contributed by atoms with Crippen LogP contribution in [0.1, 0.15) is 64.5 Å². The second kappa shape index (κ2) is 13.4. The van der Waals surface area contributed by atoms with Gasteiger partial charge in [0.05, 0.1) is 32.6 Å². The lowest BCUT2D eigenvalue weighted by Crippen LogP contribution is -2.55. The third-order valence-electron chi connectivity index (χ3n) is 8.81. The van der Waals surface area contributed by atoms with Gasteiger partial charge >= 0.3 is 12.2 Å². The maximum absolute atomic E-state index is 13.5. The minimum atomic E-state index is -1.72. The van der Waals surface area contributed by atoms with Gasteiger partial charge in [-0.15, -0.1) is 0 Å². The number of ether oxygens (including phenoxy) is 2. The Kier molecular flexibility index (Phi) is 9.91. The SMILES string of the molecule is CC(=O)N1CCN(C(=O)OC(C)(C)C)CC1n1c(C2CNCCN2)nc2cnc(C3CNCCN3C(=O)OC(C)[Si](C)(C)C)nc21.